The number of amides is 1. The molecule has 3 aromatic rings. The molecule has 1 amide bonds. The lowest BCUT2D eigenvalue weighted by molar-refractivity contribution is -0.123. The molecule has 1 N–H and O–H groups in total. The monoisotopic (exact) mass is 367 g/mol. The minimum atomic E-state index is -0.119. The molecule has 1 saturated carbocycles. The van der Waals surface area contributed by atoms with Gasteiger partial charge >= 0.3 is 0 Å². The van der Waals surface area contributed by atoms with Crippen LogP contribution >= 0.6 is 11.6 Å². The minimum absolute atomic E-state index is 0.00112. The van der Waals surface area contributed by atoms with Gasteiger partial charge < -0.3 is 9.84 Å². The van der Waals surface area contributed by atoms with Crippen molar-refractivity contribution in [1.82, 2.24) is 15.5 Å². The molecule has 6 heteroatoms. The molecule has 2 aromatic carbocycles. The number of nitrogens with zero attached hydrogens (tertiary/aromatic N) is 2. The summed E-state index contributed by atoms with van der Waals surface area (Å²) < 4.78 is 5.25. The number of benzene rings is 2. The van der Waals surface area contributed by atoms with Crippen molar-refractivity contribution >= 4 is 17.5 Å². The van der Waals surface area contributed by atoms with Crippen LogP contribution in [0.3, 0.4) is 0 Å². The van der Waals surface area contributed by atoms with Crippen LogP contribution in [0.4, 0.5) is 0 Å². The van der Waals surface area contributed by atoms with Gasteiger partial charge in [0.25, 0.3) is 0 Å². The van der Waals surface area contributed by atoms with Crippen molar-refractivity contribution in [3.8, 4) is 11.4 Å². The van der Waals surface area contributed by atoms with E-state index in [-0.39, 0.29) is 18.4 Å². The topological polar surface area (TPSA) is 68.0 Å². The van der Waals surface area contributed by atoms with Crippen LogP contribution in [0.25, 0.3) is 11.4 Å². The molecular formula is C20H18ClN3O2. The summed E-state index contributed by atoms with van der Waals surface area (Å²) in [6, 6.07) is 17.1. The van der Waals surface area contributed by atoms with Crippen molar-refractivity contribution in [2.45, 2.75) is 25.3 Å². The van der Waals surface area contributed by atoms with Crippen LogP contribution in [0.5, 0.6) is 0 Å². The normalized spacial score (nSPS) is 14.8. The van der Waals surface area contributed by atoms with E-state index in [9.17, 15) is 4.79 Å². The van der Waals surface area contributed by atoms with E-state index in [1.807, 2.05) is 42.5 Å². The van der Waals surface area contributed by atoms with Gasteiger partial charge in [0.05, 0.1) is 12.5 Å². The zero-order valence-electron chi connectivity index (χ0n) is 14.1. The number of rotatable bonds is 6. The summed E-state index contributed by atoms with van der Waals surface area (Å²) in [5.41, 5.74) is 1.83. The van der Waals surface area contributed by atoms with E-state index in [0.717, 1.165) is 24.0 Å². The largest absolute Gasteiger partial charge is 0.346 e. The second kappa shape index (κ2) is 7.30. The van der Waals surface area contributed by atoms with Gasteiger partial charge in [0.2, 0.25) is 17.6 Å². The van der Waals surface area contributed by atoms with E-state index in [0.29, 0.717) is 22.7 Å². The summed E-state index contributed by atoms with van der Waals surface area (Å²) >= 11 is 5.99. The van der Waals surface area contributed by atoms with E-state index in [4.69, 9.17) is 16.1 Å². The summed E-state index contributed by atoms with van der Waals surface area (Å²) in [4.78, 5) is 17.0. The van der Waals surface area contributed by atoms with E-state index < -0.39 is 0 Å². The summed E-state index contributed by atoms with van der Waals surface area (Å²) in [5.74, 6) is 1.13. The molecule has 1 heterocycles. The third kappa shape index (κ3) is 3.78. The molecule has 1 unspecified atom stereocenters. The number of hydrogen-bond acceptors (Lipinski definition) is 4. The molecule has 0 aliphatic heterocycles. The van der Waals surface area contributed by atoms with Crippen LogP contribution in [-0.4, -0.2) is 16.0 Å². The second-order valence-corrected chi connectivity index (χ2v) is 6.90. The predicted octanol–water partition coefficient (Wildman–Crippen LogP) is 4.20. The van der Waals surface area contributed by atoms with Gasteiger partial charge in [-0.25, -0.2) is 0 Å². The first-order valence-electron chi connectivity index (χ1n) is 8.62. The fourth-order valence-electron chi connectivity index (χ4n) is 3.07. The lowest BCUT2D eigenvalue weighted by Crippen LogP contribution is -2.30. The maximum atomic E-state index is 12.7. The summed E-state index contributed by atoms with van der Waals surface area (Å²) in [6.07, 6.45) is 2.18. The first-order chi connectivity index (χ1) is 12.7. The molecule has 1 aliphatic rings. The predicted molar refractivity (Wildman–Crippen MR) is 98.5 cm³/mol. The number of aromatic nitrogens is 2. The van der Waals surface area contributed by atoms with Gasteiger partial charge in [-0.3, -0.25) is 4.79 Å². The minimum Gasteiger partial charge on any atom is -0.346 e. The van der Waals surface area contributed by atoms with E-state index in [1.54, 1.807) is 12.1 Å². The molecule has 0 spiro atoms. The third-order valence-corrected chi connectivity index (χ3v) is 4.73. The molecule has 4 rings (SSSR count). The highest BCUT2D eigenvalue weighted by atomic mass is 35.5. The Morgan fingerprint density at radius 1 is 1.19 bits per heavy atom. The zero-order chi connectivity index (χ0) is 17.9. The maximum Gasteiger partial charge on any atom is 0.246 e. The SMILES string of the molecule is O=C(NCc1nc(-c2cccc(Cl)c2)no1)C(c1ccccc1)C1CC1. The zero-order valence-corrected chi connectivity index (χ0v) is 14.8. The Bertz CT molecular complexity index is 906. The molecule has 1 aliphatic carbocycles. The third-order valence-electron chi connectivity index (χ3n) is 4.50. The average molecular weight is 368 g/mol. The quantitative estimate of drug-likeness (QED) is 0.709. The van der Waals surface area contributed by atoms with Crippen molar-refractivity contribution < 1.29 is 9.32 Å². The van der Waals surface area contributed by atoms with Crippen molar-refractivity contribution in [3.63, 3.8) is 0 Å². The number of halogens is 1. The number of carbonyl (C=O) groups is 1. The Morgan fingerprint density at radius 3 is 2.73 bits per heavy atom. The van der Waals surface area contributed by atoms with Crippen LogP contribution in [0.2, 0.25) is 5.02 Å². The van der Waals surface area contributed by atoms with Crippen LogP contribution in [-0.2, 0) is 11.3 Å². The summed E-state index contributed by atoms with van der Waals surface area (Å²) in [5, 5.41) is 7.50. The van der Waals surface area contributed by atoms with Crippen molar-refractivity contribution in [3.05, 3.63) is 71.1 Å². The van der Waals surface area contributed by atoms with Crippen LogP contribution in [0.1, 0.15) is 30.2 Å². The molecule has 1 fully saturated rings. The van der Waals surface area contributed by atoms with Gasteiger partial charge in [-0.05, 0) is 36.5 Å². The Balaban J connectivity index is 1.43. The molecule has 26 heavy (non-hydrogen) atoms. The van der Waals surface area contributed by atoms with Gasteiger partial charge in [-0.1, -0.05) is 59.2 Å². The fourth-order valence-corrected chi connectivity index (χ4v) is 3.26. The highest BCUT2D eigenvalue weighted by Crippen LogP contribution is 2.42. The Kier molecular flexibility index (Phi) is 4.71. The van der Waals surface area contributed by atoms with Gasteiger partial charge in [0.15, 0.2) is 0 Å². The van der Waals surface area contributed by atoms with Crippen LogP contribution in [0.15, 0.2) is 59.1 Å². The molecule has 132 valence electrons. The lowest BCUT2D eigenvalue weighted by atomic mass is 9.93. The molecular weight excluding hydrogens is 350 g/mol. The van der Waals surface area contributed by atoms with Crippen molar-refractivity contribution in [2.75, 3.05) is 0 Å². The lowest BCUT2D eigenvalue weighted by Gasteiger charge is -2.15. The molecule has 0 bridgehead atoms. The number of carbonyl (C=O) groups excluding carboxylic acids is 1. The Hall–Kier alpha value is -2.66. The fraction of sp³-hybridized carbons (Fsp3) is 0.250. The molecule has 0 saturated heterocycles. The average Bonchev–Trinajstić information content (AvgIpc) is 3.37. The van der Waals surface area contributed by atoms with Gasteiger partial charge in [0, 0.05) is 10.6 Å². The van der Waals surface area contributed by atoms with Crippen LogP contribution < -0.4 is 5.32 Å². The highest BCUT2D eigenvalue weighted by molar-refractivity contribution is 6.30. The first kappa shape index (κ1) is 16.8. The molecule has 1 aromatic heterocycles. The van der Waals surface area contributed by atoms with Gasteiger partial charge in [-0.15, -0.1) is 0 Å². The Morgan fingerprint density at radius 2 is 2.00 bits per heavy atom. The van der Waals surface area contributed by atoms with Crippen molar-refractivity contribution in [2.24, 2.45) is 5.92 Å². The van der Waals surface area contributed by atoms with Gasteiger partial charge in [0.1, 0.15) is 0 Å². The molecule has 0 radical (unpaired) electrons. The molecule has 1 atom stereocenters. The first-order valence-corrected chi connectivity index (χ1v) is 8.99. The number of hydrogen-bond donors (Lipinski definition) is 1. The van der Waals surface area contributed by atoms with E-state index in [2.05, 4.69) is 15.5 Å². The van der Waals surface area contributed by atoms with Crippen molar-refractivity contribution in [1.29, 1.82) is 0 Å². The van der Waals surface area contributed by atoms with Crippen LogP contribution in [0, 0.1) is 5.92 Å². The Labute approximate surface area is 156 Å². The van der Waals surface area contributed by atoms with E-state index >= 15 is 0 Å². The summed E-state index contributed by atoms with van der Waals surface area (Å²) in [7, 11) is 0. The standard InChI is InChI=1S/C20H18ClN3O2/c21-16-8-4-7-15(11-16)19-23-17(26-24-19)12-22-20(25)18(14-9-10-14)13-5-2-1-3-6-13/h1-8,11,14,18H,9-10,12H2,(H,22,25). The smallest absolute Gasteiger partial charge is 0.246 e. The second-order valence-electron chi connectivity index (χ2n) is 6.47. The highest BCUT2D eigenvalue weighted by Gasteiger charge is 2.37. The van der Waals surface area contributed by atoms with E-state index in [1.165, 1.54) is 0 Å². The van der Waals surface area contributed by atoms with Gasteiger partial charge in [-0.2, -0.15) is 4.98 Å². The maximum absolute atomic E-state index is 12.7. The molecule has 5 nitrogen and oxygen atoms in total. The number of nitrogens with one attached hydrogen (secondary N) is 1. The summed E-state index contributed by atoms with van der Waals surface area (Å²) in [6.45, 7) is 0.211.